The maximum Gasteiger partial charge on any atom is 0.184 e. The molecule has 7 nitrogen and oxygen atoms in total. The second-order valence-electron chi connectivity index (χ2n) is 14.5. The highest BCUT2D eigenvalue weighted by Gasteiger charge is 2.85. The monoisotopic (exact) mass is 550 g/mol. The van der Waals surface area contributed by atoms with Gasteiger partial charge in [0.05, 0.1) is 16.4 Å². The molecule has 5 fully saturated rings. The van der Waals surface area contributed by atoms with E-state index in [4.69, 9.17) is 9.78 Å². The van der Waals surface area contributed by atoms with Crippen LogP contribution in [0.25, 0.3) is 0 Å². The number of hydrogen-bond donors (Lipinski definition) is 1. The summed E-state index contributed by atoms with van der Waals surface area (Å²) in [5.41, 5.74) is -7.80. The molecule has 4 bridgehead atoms. The summed E-state index contributed by atoms with van der Waals surface area (Å²) in [6.45, 7) is 14.2. The van der Waals surface area contributed by atoms with Gasteiger partial charge in [-0.25, -0.2) is 9.78 Å². The van der Waals surface area contributed by atoms with Gasteiger partial charge in [0, 0.05) is 11.5 Å². The molecule has 0 radical (unpaired) electrons. The number of benzene rings is 1. The van der Waals surface area contributed by atoms with Crippen LogP contribution in [0.4, 0.5) is 0 Å². The molecule has 5 aliphatic rings. The number of aliphatic hydroxyl groups is 1. The van der Waals surface area contributed by atoms with Gasteiger partial charge in [0.1, 0.15) is 11.7 Å². The quantitative estimate of drug-likeness (QED) is 0.231. The number of rotatable bonds is 5. The van der Waals surface area contributed by atoms with E-state index in [-0.39, 0.29) is 30.7 Å². The molecule has 216 valence electrons. The Kier molecular flexibility index (Phi) is 6.36. The molecule has 7 heteroatoms. The fourth-order valence-electron chi connectivity index (χ4n) is 8.45. The van der Waals surface area contributed by atoms with Crippen molar-refractivity contribution in [2.45, 2.75) is 98.4 Å². The third kappa shape index (κ3) is 3.47. The summed E-state index contributed by atoms with van der Waals surface area (Å²) in [4.78, 5) is 72.2. The van der Waals surface area contributed by atoms with Crippen molar-refractivity contribution < 1.29 is 34.1 Å². The molecular formula is C33H42O7. The number of allylic oxidation sites excluding steroid dienone is 2. The van der Waals surface area contributed by atoms with E-state index >= 15 is 14.4 Å². The molecule has 1 unspecified atom stereocenters. The molecule has 4 aliphatic carbocycles. The highest BCUT2D eigenvalue weighted by molar-refractivity contribution is 6.42. The van der Waals surface area contributed by atoms with E-state index in [0.29, 0.717) is 6.42 Å². The van der Waals surface area contributed by atoms with Gasteiger partial charge in [0.25, 0.3) is 0 Å². The van der Waals surface area contributed by atoms with Crippen molar-refractivity contribution in [3.63, 3.8) is 0 Å². The van der Waals surface area contributed by atoms with Gasteiger partial charge in [-0.2, -0.15) is 0 Å². The minimum atomic E-state index is -2.07. The summed E-state index contributed by atoms with van der Waals surface area (Å²) in [5, 5.41) is 11.1. The minimum Gasteiger partial charge on any atom is -0.388 e. The van der Waals surface area contributed by atoms with E-state index < -0.39 is 68.0 Å². The van der Waals surface area contributed by atoms with Crippen molar-refractivity contribution in [1.29, 1.82) is 0 Å². The van der Waals surface area contributed by atoms with Gasteiger partial charge in [-0.15, -0.1) is 0 Å². The molecule has 0 amide bonds. The molecule has 1 aromatic rings. The molecule has 6 atom stereocenters. The van der Waals surface area contributed by atoms with Crippen LogP contribution in [0, 0.1) is 33.5 Å². The van der Waals surface area contributed by atoms with Crippen molar-refractivity contribution in [3.05, 3.63) is 47.5 Å². The lowest BCUT2D eigenvalue weighted by atomic mass is 9.36. The largest absolute Gasteiger partial charge is 0.388 e. The Bertz CT molecular complexity index is 1310. The summed E-state index contributed by atoms with van der Waals surface area (Å²) < 4.78 is 0. The average molecular weight is 551 g/mol. The molecule has 1 aromatic carbocycles. The molecule has 6 rings (SSSR count). The normalized spacial score (nSPS) is 37.9. The molecule has 0 aromatic heterocycles. The predicted octanol–water partition coefficient (Wildman–Crippen LogP) is 5.24. The fourth-order valence-corrected chi connectivity index (χ4v) is 8.45. The van der Waals surface area contributed by atoms with E-state index in [0.717, 1.165) is 5.57 Å². The number of hydrogen-bond acceptors (Lipinski definition) is 7. The lowest BCUT2D eigenvalue weighted by molar-refractivity contribution is -0.394. The zero-order chi connectivity index (χ0) is 29.7. The van der Waals surface area contributed by atoms with E-state index in [9.17, 15) is 9.90 Å². The van der Waals surface area contributed by atoms with Crippen LogP contribution in [0.15, 0.2) is 42.0 Å². The maximum absolute atomic E-state index is 15.4. The molecular weight excluding hydrogens is 508 g/mol. The van der Waals surface area contributed by atoms with Crippen LogP contribution >= 0.6 is 0 Å². The first kappa shape index (κ1) is 29.0. The van der Waals surface area contributed by atoms with Crippen LogP contribution in [0.3, 0.4) is 0 Å². The first-order valence-electron chi connectivity index (χ1n) is 14.4. The van der Waals surface area contributed by atoms with Crippen molar-refractivity contribution in [1.82, 2.24) is 0 Å². The third-order valence-electron chi connectivity index (χ3n) is 10.8. The summed E-state index contributed by atoms with van der Waals surface area (Å²) in [6, 6.07) is 8.49. The molecule has 4 saturated carbocycles. The van der Waals surface area contributed by atoms with Gasteiger partial charge >= 0.3 is 0 Å². The Morgan fingerprint density at radius 1 is 1.00 bits per heavy atom. The summed E-state index contributed by atoms with van der Waals surface area (Å²) in [5.74, 6) is -3.17. The number of carbonyl (C=O) groups excluding carboxylic acids is 4. The third-order valence-corrected chi connectivity index (χ3v) is 10.8. The SMILES string of the molecule is CC(C)=CCC12C[C@@H]3C[C@@H]4C(C)(C)OO[C@@H](C(C)(C)O)C[C@@]4(C1=O)C(=O)[C@](C(=O)c1ccccc1)(C2=O)C3(C)C. The van der Waals surface area contributed by atoms with Crippen LogP contribution in [0.1, 0.15) is 91.4 Å². The van der Waals surface area contributed by atoms with E-state index in [1.807, 2.05) is 33.8 Å². The lowest BCUT2D eigenvalue weighted by Crippen LogP contribution is -2.76. The zero-order valence-corrected chi connectivity index (χ0v) is 24.9. The minimum absolute atomic E-state index is 0.125. The van der Waals surface area contributed by atoms with Crippen molar-refractivity contribution in [2.75, 3.05) is 0 Å². The molecule has 1 saturated heterocycles. The van der Waals surface area contributed by atoms with Crippen LogP contribution in [0.5, 0.6) is 0 Å². The van der Waals surface area contributed by atoms with E-state index in [1.54, 1.807) is 58.0 Å². The molecule has 1 N–H and O–H groups in total. The number of ketones is 4. The van der Waals surface area contributed by atoms with Gasteiger partial charge in [0.15, 0.2) is 28.5 Å². The summed E-state index contributed by atoms with van der Waals surface area (Å²) >= 11 is 0. The van der Waals surface area contributed by atoms with Gasteiger partial charge in [-0.1, -0.05) is 55.8 Å². The average Bonchev–Trinajstić information content (AvgIpc) is 3.07. The Hall–Kier alpha value is -2.48. The van der Waals surface area contributed by atoms with Crippen molar-refractivity contribution in [3.8, 4) is 0 Å². The second-order valence-corrected chi connectivity index (χ2v) is 14.5. The van der Waals surface area contributed by atoms with Crippen LogP contribution in [-0.2, 0) is 24.2 Å². The van der Waals surface area contributed by atoms with Gasteiger partial charge in [0.2, 0.25) is 0 Å². The zero-order valence-electron chi connectivity index (χ0n) is 24.9. The Morgan fingerprint density at radius 3 is 2.20 bits per heavy atom. The molecule has 40 heavy (non-hydrogen) atoms. The smallest absolute Gasteiger partial charge is 0.184 e. The first-order chi connectivity index (χ1) is 18.4. The van der Waals surface area contributed by atoms with Crippen LogP contribution in [0.2, 0.25) is 0 Å². The fraction of sp³-hybridized carbons (Fsp3) is 0.636. The van der Waals surface area contributed by atoms with E-state index in [2.05, 4.69) is 0 Å². The van der Waals surface area contributed by atoms with Crippen LogP contribution < -0.4 is 0 Å². The Morgan fingerprint density at radius 2 is 1.62 bits per heavy atom. The molecule has 1 aliphatic heterocycles. The Labute approximate surface area is 236 Å². The summed E-state index contributed by atoms with van der Waals surface area (Å²) in [6.07, 6.45) is 1.48. The van der Waals surface area contributed by atoms with E-state index in [1.165, 1.54) is 0 Å². The van der Waals surface area contributed by atoms with Crippen molar-refractivity contribution >= 4 is 23.1 Å². The first-order valence-corrected chi connectivity index (χ1v) is 14.4. The molecule has 1 spiro atoms. The summed E-state index contributed by atoms with van der Waals surface area (Å²) in [7, 11) is 0. The Balaban J connectivity index is 1.91. The van der Waals surface area contributed by atoms with Gasteiger partial charge in [-0.05, 0) is 78.6 Å². The number of Topliss-reactive ketones (excluding diaryl/α,β-unsaturated/α-hetero) is 4. The van der Waals surface area contributed by atoms with Gasteiger partial charge < -0.3 is 5.11 Å². The lowest BCUT2D eigenvalue weighted by Gasteiger charge is -2.61. The van der Waals surface area contributed by atoms with Gasteiger partial charge in [-0.3, -0.25) is 19.2 Å². The van der Waals surface area contributed by atoms with Crippen molar-refractivity contribution in [2.24, 2.45) is 33.5 Å². The van der Waals surface area contributed by atoms with Crippen LogP contribution in [-0.4, -0.2) is 45.5 Å². The highest BCUT2D eigenvalue weighted by atomic mass is 17.2. The standard InChI is InChI=1S/C33H42O7/c1-19(2)14-15-31-17-21-16-22-30(7,8)40-39-23(29(5,6)38)18-32(22,25(31)35)27(37)33(26(31)36,28(21,3)4)24(34)20-12-10-9-11-13-20/h9-14,21-23,38H,15-18H2,1-8H3/t21-,22+,23+,31?,32+,33-/m0/s1. The topological polar surface area (TPSA) is 107 Å². The predicted molar refractivity (Wildman–Crippen MR) is 148 cm³/mol. The molecule has 1 heterocycles. The maximum atomic E-state index is 15.4. The number of carbonyl (C=O) groups is 4. The second kappa shape index (κ2) is 8.76. The highest BCUT2D eigenvalue weighted by Crippen LogP contribution is 2.73.